The molecule has 3 heteroatoms. The molecule has 0 aliphatic heterocycles. The Hall–Kier alpha value is -1.82. The van der Waals surface area contributed by atoms with Crippen molar-refractivity contribution in [2.24, 2.45) is 5.92 Å². The van der Waals surface area contributed by atoms with Crippen LogP contribution in [0.5, 0.6) is 5.88 Å². The van der Waals surface area contributed by atoms with E-state index in [1.807, 2.05) is 18.3 Å². The molecule has 0 saturated carbocycles. The van der Waals surface area contributed by atoms with Crippen molar-refractivity contribution in [1.29, 1.82) is 5.26 Å². The monoisotopic (exact) mass is 214 g/mol. The molecule has 1 aliphatic rings. The summed E-state index contributed by atoms with van der Waals surface area (Å²) in [6.45, 7) is 0. The van der Waals surface area contributed by atoms with E-state index in [1.54, 1.807) is 7.11 Å². The van der Waals surface area contributed by atoms with Gasteiger partial charge in [0.2, 0.25) is 5.88 Å². The minimum atomic E-state index is 0.190. The lowest BCUT2D eigenvalue weighted by Gasteiger charge is -2.16. The normalized spacial score (nSPS) is 19.8. The molecule has 1 aromatic rings. The first-order valence-corrected chi connectivity index (χ1v) is 5.42. The first kappa shape index (κ1) is 10.7. The number of rotatable bonds is 2. The van der Waals surface area contributed by atoms with Gasteiger partial charge in [0.15, 0.2) is 0 Å². The topological polar surface area (TPSA) is 45.9 Å². The molecule has 1 heterocycles. The Kier molecular flexibility index (Phi) is 3.21. The fourth-order valence-corrected chi connectivity index (χ4v) is 1.90. The summed E-state index contributed by atoms with van der Waals surface area (Å²) in [7, 11) is 1.61. The molecule has 1 atom stereocenters. The van der Waals surface area contributed by atoms with Gasteiger partial charge in [-0.1, -0.05) is 6.08 Å². The van der Waals surface area contributed by atoms with Gasteiger partial charge >= 0.3 is 0 Å². The standard InChI is InChI=1S/C13H14N2O/c1-16-13-7-6-12(9-15-13)11-4-2-10(8-14)3-5-11/h4,6-7,9-10H,2-3,5H2,1H3/t10-/m1/s1. The molecule has 82 valence electrons. The van der Waals surface area contributed by atoms with Gasteiger partial charge in [-0.25, -0.2) is 4.98 Å². The highest BCUT2D eigenvalue weighted by Crippen LogP contribution is 2.29. The van der Waals surface area contributed by atoms with Crippen LogP contribution in [0.15, 0.2) is 24.4 Å². The van der Waals surface area contributed by atoms with Crippen LogP contribution in [0.2, 0.25) is 0 Å². The van der Waals surface area contributed by atoms with E-state index >= 15 is 0 Å². The smallest absolute Gasteiger partial charge is 0.212 e. The Bertz CT molecular complexity index is 428. The molecule has 0 fully saturated rings. The van der Waals surface area contributed by atoms with Crippen LogP contribution in [0.1, 0.15) is 24.8 Å². The molecule has 2 rings (SSSR count). The van der Waals surface area contributed by atoms with Crippen molar-refractivity contribution in [2.75, 3.05) is 7.11 Å². The van der Waals surface area contributed by atoms with Crippen molar-refractivity contribution in [3.8, 4) is 11.9 Å². The van der Waals surface area contributed by atoms with Gasteiger partial charge in [-0.15, -0.1) is 0 Å². The molecule has 16 heavy (non-hydrogen) atoms. The van der Waals surface area contributed by atoms with Gasteiger partial charge in [0.25, 0.3) is 0 Å². The summed E-state index contributed by atoms with van der Waals surface area (Å²) in [5, 5.41) is 8.81. The van der Waals surface area contributed by atoms with Crippen molar-refractivity contribution in [3.63, 3.8) is 0 Å². The lowest BCUT2D eigenvalue weighted by molar-refractivity contribution is 0.398. The van der Waals surface area contributed by atoms with E-state index in [2.05, 4.69) is 17.1 Å². The van der Waals surface area contributed by atoms with Gasteiger partial charge in [-0.2, -0.15) is 5.26 Å². The number of methoxy groups -OCH3 is 1. The Labute approximate surface area is 95.4 Å². The molecule has 0 bridgehead atoms. The van der Waals surface area contributed by atoms with Gasteiger partial charge in [0.05, 0.1) is 19.1 Å². The Balaban J connectivity index is 2.13. The number of nitrogens with zero attached hydrogens (tertiary/aromatic N) is 2. The van der Waals surface area contributed by atoms with Crippen molar-refractivity contribution >= 4 is 5.57 Å². The third-order valence-electron chi connectivity index (χ3n) is 2.91. The van der Waals surface area contributed by atoms with Crippen LogP contribution in [-0.2, 0) is 0 Å². The van der Waals surface area contributed by atoms with Crippen LogP contribution >= 0.6 is 0 Å². The summed E-state index contributed by atoms with van der Waals surface area (Å²) in [5.74, 6) is 0.824. The number of hydrogen-bond acceptors (Lipinski definition) is 3. The highest BCUT2D eigenvalue weighted by atomic mass is 16.5. The molecule has 0 amide bonds. The summed E-state index contributed by atoms with van der Waals surface area (Å²) < 4.78 is 5.02. The molecule has 0 aromatic carbocycles. The van der Waals surface area contributed by atoms with E-state index in [0.29, 0.717) is 5.88 Å². The van der Waals surface area contributed by atoms with Crippen LogP contribution in [0.25, 0.3) is 5.57 Å². The molecular formula is C13H14N2O. The maximum absolute atomic E-state index is 8.81. The molecule has 0 spiro atoms. The van der Waals surface area contributed by atoms with E-state index in [-0.39, 0.29) is 5.92 Å². The van der Waals surface area contributed by atoms with E-state index < -0.39 is 0 Å². The lowest BCUT2D eigenvalue weighted by Crippen LogP contribution is -2.03. The molecule has 0 N–H and O–H groups in total. The zero-order valence-corrected chi connectivity index (χ0v) is 9.31. The van der Waals surface area contributed by atoms with E-state index in [4.69, 9.17) is 10.00 Å². The second kappa shape index (κ2) is 4.80. The first-order chi connectivity index (χ1) is 7.83. The van der Waals surface area contributed by atoms with Gasteiger partial charge in [-0.3, -0.25) is 0 Å². The zero-order valence-electron chi connectivity index (χ0n) is 9.31. The average Bonchev–Trinajstić information content (AvgIpc) is 2.39. The molecule has 0 radical (unpaired) electrons. The number of hydrogen-bond donors (Lipinski definition) is 0. The predicted octanol–water partition coefficient (Wildman–Crippen LogP) is 2.80. The van der Waals surface area contributed by atoms with Crippen LogP contribution < -0.4 is 4.74 Å². The fourth-order valence-electron chi connectivity index (χ4n) is 1.90. The summed E-state index contributed by atoms with van der Waals surface area (Å²) in [6, 6.07) is 6.20. The van der Waals surface area contributed by atoms with E-state index in [0.717, 1.165) is 24.8 Å². The maximum atomic E-state index is 8.81. The third-order valence-corrected chi connectivity index (χ3v) is 2.91. The Morgan fingerprint density at radius 3 is 2.88 bits per heavy atom. The fraction of sp³-hybridized carbons (Fsp3) is 0.385. The number of ether oxygens (including phenoxy) is 1. The lowest BCUT2D eigenvalue weighted by atomic mass is 9.88. The largest absolute Gasteiger partial charge is 0.481 e. The second-order valence-electron chi connectivity index (χ2n) is 3.92. The number of aromatic nitrogens is 1. The van der Waals surface area contributed by atoms with Gasteiger partial charge < -0.3 is 4.74 Å². The number of pyridine rings is 1. The maximum Gasteiger partial charge on any atom is 0.212 e. The average molecular weight is 214 g/mol. The Morgan fingerprint density at radius 1 is 1.50 bits per heavy atom. The van der Waals surface area contributed by atoms with E-state index in [1.165, 1.54) is 5.57 Å². The van der Waals surface area contributed by atoms with Gasteiger partial charge in [0, 0.05) is 12.3 Å². The van der Waals surface area contributed by atoms with Crippen LogP contribution in [0.3, 0.4) is 0 Å². The summed E-state index contributed by atoms with van der Waals surface area (Å²) >= 11 is 0. The van der Waals surface area contributed by atoms with Crippen LogP contribution in [0.4, 0.5) is 0 Å². The Morgan fingerprint density at radius 2 is 2.38 bits per heavy atom. The van der Waals surface area contributed by atoms with Crippen molar-refractivity contribution in [3.05, 3.63) is 30.0 Å². The second-order valence-corrected chi connectivity index (χ2v) is 3.92. The third kappa shape index (κ3) is 2.22. The number of allylic oxidation sites excluding steroid dienone is 2. The zero-order chi connectivity index (χ0) is 11.4. The van der Waals surface area contributed by atoms with Crippen LogP contribution in [-0.4, -0.2) is 12.1 Å². The minimum Gasteiger partial charge on any atom is -0.481 e. The molecule has 1 aromatic heterocycles. The van der Waals surface area contributed by atoms with Crippen LogP contribution in [0, 0.1) is 17.2 Å². The quantitative estimate of drug-likeness (QED) is 0.760. The van der Waals surface area contributed by atoms with Gasteiger partial charge in [-0.05, 0) is 36.5 Å². The molecule has 0 saturated heterocycles. The summed E-state index contributed by atoms with van der Waals surface area (Å²) in [6.07, 6.45) is 6.76. The molecule has 3 nitrogen and oxygen atoms in total. The van der Waals surface area contributed by atoms with Gasteiger partial charge in [0.1, 0.15) is 0 Å². The molecule has 0 unspecified atom stereocenters. The number of nitriles is 1. The van der Waals surface area contributed by atoms with Crippen molar-refractivity contribution in [2.45, 2.75) is 19.3 Å². The van der Waals surface area contributed by atoms with Crippen molar-refractivity contribution < 1.29 is 4.74 Å². The summed E-state index contributed by atoms with van der Waals surface area (Å²) in [5.41, 5.74) is 2.43. The minimum absolute atomic E-state index is 0.190. The first-order valence-electron chi connectivity index (χ1n) is 5.42. The van der Waals surface area contributed by atoms with E-state index in [9.17, 15) is 0 Å². The van der Waals surface area contributed by atoms with Crippen molar-refractivity contribution in [1.82, 2.24) is 4.98 Å². The SMILES string of the molecule is COc1ccc(C2=CC[C@@H](C#N)CC2)cn1. The molecule has 1 aliphatic carbocycles. The highest BCUT2D eigenvalue weighted by molar-refractivity contribution is 5.65. The predicted molar refractivity (Wildman–Crippen MR) is 61.7 cm³/mol. The molecular weight excluding hydrogens is 200 g/mol. The highest BCUT2D eigenvalue weighted by Gasteiger charge is 2.14. The summed E-state index contributed by atoms with van der Waals surface area (Å²) in [4.78, 5) is 4.18.